The van der Waals surface area contributed by atoms with Crippen molar-refractivity contribution in [3.63, 3.8) is 0 Å². The highest BCUT2D eigenvalue weighted by molar-refractivity contribution is 7.89. The van der Waals surface area contributed by atoms with Gasteiger partial charge in [-0.05, 0) is 56.2 Å². The van der Waals surface area contributed by atoms with E-state index in [2.05, 4.69) is 4.72 Å². The molecule has 1 heterocycles. The van der Waals surface area contributed by atoms with Crippen LogP contribution in [-0.2, 0) is 10.0 Å². The van der Waals surface area contributed by atoms with Gasteiger partial charge in [0.15, 0.2) is 0 Å². The minimum absolute atomic E-state index is 0.137. The molecule has 0 radical (unpaired) electrons. The predicted octanol–water partition coefficient (Wildman–Crippen LogP) is 2.22. The van der Waals surface area contributed by atoms with Crippen LogP contribution < -0.4 is 4.72 Å². The van der Waals surface area contributed by atoms with Gasteiger partial charge in [0.05, 0.1) is 4.90 Å². The van der Waals surface area contributed by atoms with Crippen LogP contribution in [0.2, 0.25) is 0 Å². The molecular formula is C15H19NO4S. The van der Waals surface area contributed by atoms with Crippen LogP contribution in [0.4, 0.5) is 0 Å². The Balaban J connectivity index is 2.09. The maximum atomic E-state index is 12.2. The second-order valence-corrected chi connectivity index (χ2v) is 6.83. The molecule has 5 nitrogen and oxygen atoms in total. The number of nitrogens with one attached hydrogen (secondary N) is 1. The summed E-state index contributed by atoms with van der Waals surface area (Å²) in [6.45, 7) is 5.40. The first-order chi connectivity index (χ1) is 9.79. The van der Waals surface area contributed by atoms with E-state index in [1.807, 2.05) is 13.8 Å². The van der Waals surface area contributed by atoms with E-state index < -0.39 is 16.1 Å². The molecule has 0 fully saturated rings. The number of hydrogen-bond acceptors (Lipinski definition) is 4. The van der Waals surface area contributed by atoms with Crippen molar-refractivity contribution in [2.75, 3.05) is 6.54 Å². The second kappa shape index (κ2) is 6.01. The van der Waals surface area contributed by atoms with Crippen LogP contribution in [0.3, 0.4) is 0 Å². The molecule has 6 heteroatoms. The largest absolute Gasteiger partial charge is 0.464 e. The lowest BCUT2D eigenvalue weighted by Gasteiger charge is -2.11. The number of benzene rings is 1. The van der Waals surface area contributed by atoms with Gasteiger partial charge in [0, 0.05) is 6.54 Å². The van der Waals surface area contributed by atoms with Crippen LogP contribution in [0.15, 0.2) is 39.6 Å². The Kier molecular flexibility index (Phi) is 4.51. The number of furan rings is 1. The smallest absolute Gasteiger partial charge is 0.240 e. The zero-order chi connectivity index (χ0) is 15.6. The van der Waals surface area contributed by atoms with E-state index in [0.29, 0.717) is 11.5 Å². The van der Waals surface area contributed by atoms with Crippen molar-refractivity contribution in [2.45, 2.75) is 31.8 Å². The summed E-state index contributed by atoms with van der Waals surface area (Å²) in [5, 5.41) is 9.92. The van der Waals surface area contributed by atoms with E-state index in [-0.39, 0.29) is 11.4 Å². The fourth-order valence-corrected chi connectivity index (χ4v) is 3.01. The number of aryl methyl sites for hydroxylation is 3. The molecule has 0 saturated heterocycles. The van der Waals surface area contributed by atoms with E-state index in [4.69, 9.17) is 4.42 Å². The van der Waals surface area contributed by atoms with Crippen LogP contribution in [0.25, 0.3) is 0 Å². The Labute approximate surface area is 124 Å². The second-order valence-electron chi connectivity index (χ2n) is 5.06. The molecule has 2 aromatic rings. The van der Waals surface area contributed by atoms with Gasteiger partial charge in [-0.3, -0.25) is 0 Å². The lowest BCUT2D eigenvalue weighted by Crippen LogP contribution is -2.28. The normalized spacial score (nSPS) is 13.3. The molecule has 1 aromatic carbocycles. The Morgan fingerprint density at radius 1 is 1.14 bits per heavy atom. The third-order valence-electron chi connectivity index (χ3n) is 3.34. The zero-order valence-electron chi connectivity index (χ0n) is 12.3. The van der Waals surface area contributed by atoms with Crippen LogP contribution in [-0.4, -0.2) is 20.1 Å². The average molecular weight is 309 g/mol. The van der Waals surface area contributed by atoms with Crippen molar-refractivity contribution >= 4 is 10.0 Å². The summed E-state index contributed by atoms with van der Waals surface area (Å²) in [7, 11) is -3.65. The van der Waals surface area contributed by atoms with Crippen LogP contribution in [0.5, 0.6) is 0 Å². The van der Waals surface area contributed by atoms with E-state index in [9.17, 15) is 13.5 Å². The molecule has 21 heavy (non-hydrogen) atoms. The van der Waals surface area contributed by atoms with Crippen molar-refractivity contribution in [3.05, 3.63) is 53.0 Å². The maximum absolute atomic E-state index is 12.2. The van der Waals surface area contributed by atoms with Gasteiger partial charge in [-0.15, -0.1) is 0 Å². The van der Waals surface area contributed by atoms with Crippen molar-refractivity contribution < 1.29 is 17.9 Å². The molecule has 0 aliphatic carbocycles. The number of rotatable bonds is 5. The van der Waals surface area contributed by atoms with E-state index in [1.54, 1.807) is 37.3 Å². The minimum Gasteiger partial charge on any atom is -0.464 e. The van der Waals surface area contributed by atoms with Gasteiger partial charge in [0.1, 0.15) is 17.6 Å². The van der Waals surface area contributed by atoms with E-state index in [0.717, 1.165) is 11.1 Å². The molecule has 2 N–H and O–H groups in total. The Hall–Kier alpha value is -1.63. The first kappa shape index (κ1) is 15.8. The highest BCUT2D eigenvalue weighted by Crippen LogP contribution is 2.18. The summed E-state index contributed by atoms with van der Waals surface area (Å²) < 4.78 is 32.0. The Bertz CT molecular complexity index is 734. The Morgan fingerprint density at radius 3 is 2.43 bits per heavy atom. The standard InChI is InChI=1S/C15H19NO4S/c1-10-4-6-13(8-11(10)2)21(18,19)16-9-14(17)15-7-5-12(3)20-15/h4-8,14,16-17H,9H2,1-3H3. The van der Waals surface area contributed by atoms with Crippen molar-refractivity contribution in [1.82, 2.24) is 4.72 Å². The maximum Gasteiger partial charge on any atom is 0.240 e. The molecule has 0 spiro atoms. The molecule has 1 atom stereocenters. The molecule has 0 saturated carbocycles. The van der Waals surface area contributed by atoms with E-state index >= 15 is 0 Å². The lowest BCUT2D eigenvalue weighted by molar-refractivity contribution is 0.152. The fraction of sp³-hybridized carbons (Fsp3) is 0.333. The quantitative estimate of drug-likeness (QED) is 0.887. The third-order valence-corrected chi connectivity index (χ3v) is 4.77. The minimum atomic E-state index is -3.65. The summed E-state index contributed by atoms with van der Waals surface area (Å²) in [4.78, 5) is 0.188. The molecule has 114 valence electrons. The number of aliphatic hydroxyl groups excluding tert-OH is 1. The van der Waals surface area contributed by atoms with Crippen LogP contribution in [0.1, 0.15) is 28.8 Å². The van der Waals surface area contributed by atoms with Gasteiger partial charge < -0.3 is 9.52 Å². The van der Waals surface area contributed by atoms with Gasteiger partial charge in [-0.1, -0.05) is 6.07 Å². The summed E-state index contributed by atoms with van der Waals surface area (Å²) >= 11 is 0. The monoisotopic (exact) mass is 309 g/mol. The average Bonchev–Trinajstić information content (AvgIpc) is 2.86. The summed E-state index contributed by atoms with van der Waals surface area (Å²) in [5.41, 5.74) is 1.93. The number of hydrogen-bond donors (Lipinski definition) is 2. The first-order valence-electron chi connectivity index (χ1n) is 6.61. The van der Waals surface area contributed by atoms with Crippen LogP contribution in [0, 0.1) is 20.8 Å². The molecule has 0 aliphatic heterocycles. The lowest BCUT2D eigenvalue weighted by atomic mass is 10.1. The fourth-order valence-electron chi connectivity index (χ4n) is 1.89. The summed E-state index contributed by atoms with van der Waals surface area (Å²) in [6.07, 6.45) is -1.01. The summed E-state index contributed by atoms with van der Waals surface area (Å²) in [6, 6.07) is 8.27. The van der Waals surface area contributed by atoms with Crippen molar-refractivity contribution in [2.24, 2.45) is 0 Å². The summed E-state index contributed by atoms with van der Waals surface area (Å²) in [5.74, 6) is 1.01. The Morgan fingerprint density at radius 2 is 1.86 bits per heavy atom. The highest BCUT2D eigenvalue weighted by atomic mass is 32.2. The number of aliphatic hydroxyl groups is 1. The van der Waals surface area contributed by atoms with Gasteiger partial charge >= 0.3 is 0 Å². The first-order valence-corrected chi connectivity index (χ1v) is 8.09. The van der Waals surface area contributed by atoms with Gasteiger partial charge in [-0.2, -0.15) is 0 Å². The molecular weight excluding hydrogens is 290 g/mol. The highest BCUT2D eigenvalue weighted by Gasteiger charge is 2.18. The third kappa shape index (κ3) is 3.72. The molecule has 1 aromatic heterocycles. The van der Waals surface area contributed by atoms with Crippen molar-refractivity contribution in [1.29, 1.82) is 0 Å². The van der Waals surface area contributed by atoms with Crippen molar-refractivity contribution in [3.8, 4) is 0 Å². The molecule has 0 amide bonds. The SMILES string of the molecule is Cc1ccc(C(O)CNS(=O)(=O)c2ccc(C)c(C)c2)o1. The molecule has 1 unspecified atom stereocenters. The van der Waals surface area contributed by atoms with Gasteiger partial charge in [-0.25, -0.2) is 13.1 Å². The molecule has 0 bridgehead atoms. The van der Waals surface area contributed by atoms with Gasteiger partial charge in [0.25, 0.3) is 0 Å². The number of sulfonamides is 1. The topological polar surface area (TPSA) is 79.5 Å². The van der Waals surface area contributed by atoms with Crippen LogP contribution >= 0.6 is 0 Å². The predicted molar refractivity (Wildman–Crippen MR) is 79.5 cm³/mol. The molecule has 2 rings (SSSR count). The zero-order valence-corrected chi connectivity index (χ0v) is 13.1. The molecule has 0 aliphatic rings. The van der Waals surface area contributed by atoms with Gasteiger partial charge in [0.2, 0.25) is 10.0 Å². The van der Waals surface area contributed by atoms with E-state index in [1.165, 1.54) is 0 Å².